The molecule has 100 valence electrons. The Hall–Kier alpha value is -0.430. The van der Waals surface area contributed by atoms with E-state index >= 15 is 0 Å². The van der Waals surface area contributed by atoms with E-state index < -0.39 is 10.0 Å². The lowest BCUT2D eigenvalue weighted by molar-refractivity contribution is 0.385. The molecule has 0 spiro atoms. The van der Waals surface area contributed by atoms with Gasteiger partial charge in [0.1, 0.15) is 0 Å². The van der Waals surface area contributed by atoms with E-state index in [9.17, 15) is 8.42 Å². The van der Waals surface area contributed by atoms with Crippen LogP contribution in [0.1, 0.15) is 20.3 Å². The van der Waals surface area contributed by atoms with Crippen LogP contribution in [0, 0.1) is 0 Å². The van der Waals surface area contributed by atoms with Gasteiger partial charge in [0, 0.05) is 16.1 Å². The Labute approximate surface area is 116 Å². The molecule has 1 atom stereocenters. The Morgan fingerprint density at radius 1 is 1.44 bits per heavy atom. The molecule has 4 nitrogen and oxygen atoms in total. The Morgan fingerprint density at radius 3 is 2.72 bits per heavy atom. The molecule has 1 aromatic rings. The second kappa shape index (κ2) is 4.92. The zero-order valence-corrected chi connectivity index (χ0v) is 12.8. The highest BCUT2D eigenvalue weighted by atomic mass is 79.9. The summed E-state index contributed by atoms with van der Waals surface area (Å²) in [5.41, 5.74) is -0.209. The van der Waals surface area contributed by atoms with E-state index in [2.05, 4.69) is 26.0 Å². The number of hydrogen-bond donors (Lipinski definition) is 2. The van der Waals surface area contributed by atoms with Crippen molar-refractivity contribution in [1.29, 1.82) is 0 Å². The summed E-state index contributed by atoms with van der Waals surface area (Å²) in [6.07, 6.45) is 0.806. The third-order valence-electron chi connectivity index (χ3n) is 3.29. The van der Waals surface area contributed by atoms with Crippen molar-refractivity contribution in [2.45, 2.75) is 36.7 Å². The first-order chi connectivity index (χ1) is 8.31. The minimum Gasteiger partial charge on any atom is -0.310 e. The lowest BCUT2D eigenvalue weighted by atomic mass is 9.98. The van der Waals surface area contributed by atoms with Crippen molar-refractivity contribution in [3.8, 4) is 0 Å². The second-order valence-corrected chi connectivity index (χ2v) is 7.70. The van der Waals surface area contributed by atoms with E-state index in [1.165, 1.54) is 0 Å². The Balaban J connectivity index is 2.23. The summed E-state index contributed by atoms with van der Waals surface area (Å²) in [6, 6.07) is 6.65. The van der Waals surface area contributed by atoms with E-state index in [1.54, 1.807) is 24.3 Å². The summed E-state index contributed by atoms with van der Waals surface area (Å²) in [6.45, 7) is 4.85. The van der Waals surface area contributed by atoms with Crippen molar-refractivity contribution in [2.24, 2.45) is 0 Å². The molecule has 0 unspecified atom stereocenters. The molecule has 0 saturated carbocycles. The number of sulfonamides is 1. The average molecular weight is 333 g/mol. The largest absolute Gasteiger partial charge is 0.310 e. The first-order valence-corrected chi connectivity index (χ1v) is 8.12. The third kappa shape index (κ3) is 2.93. The van der Waals surface area contributed by atoms with Crippen molar-refractivity contribution in [3.05, 3.63) is 28.7 Å². The Bertz CT molecular complexity index is 543. The number of benzene rings is 1. The van der Waals surface area contributed by atoms with Crippen LogP contribution in [-0.4, -0.2) is 26.5 Å². The highest BCUT2D eigenvalue weighted by molar-refractivity contribution is 9.10. The highest BCUT2D eigenvalue weighted by Gasteiger charge is 2.36. The number of hydrogen-bond acceptors (Lipinski definition) is 3. The maximum Gasteiger partial charge on any atom is 0.240 e. The topological polar surface area (TPSA) is 58.2 Å². The predicted molar refractivity (Wildman–Crippen MR) is 75.0 cm³/mol. The molecule has 2 rings (SSSR count). The molecule has 1 aromatic carbocycles. The van der Waals surface area contributed by atoms with Gasteiger partial charge in [-0.05, 0) is 45.0 Å². The lowest BCUT2D eigenvalue weighted by Crippen LogP contribution is -2.50. The first-order valence-electron chi connectivity index (χ1n) is 5.84. The smallest absolute Gasteiger partial charge is 0.240 e. The zero-order valence-electron chi connectivity index (χ0n) is 10.4. The van der Waals surface area contributed by atoms with Crippen LogP contribution in [0.4, 0.5) is 0 Å². The molecular weight excluding hydrogens is 316 g/mol. The van der Waals surface area contributed by atoms with Crippen LogP contribution in [0.3, 0.4) is 0 Å². The molecule has 1 heterocycles. The lowest BCUT2D eigenvalue weighted by Gasteiger charge is -2.27. The second-order valence-electron chi connectivity index (χ2n) is 5.07. The fourth-order valence-electron chi connectivity index (χ4n) is 2.12. The number of nitrogens with one attached hydrogen (secondary N) is 2. The van der Waals surface area contributed by atoms with Gasteiger partial charge in [0.2, 0.25) is 10.0 Å². The van der Waals surface area contributed by atoms with Gasteiger partial charge in [-0.15, -0.1) is 0 Å². The number of halogens is 1. The van der Waals surface area contributed by atoms with Gasteiger partial charge in [-0.3, -0.25) is 0 Å². The van der Waals surface area contributed by atoms with E-state index in [1.807, 2.05) is 13.8 Å². The van der Waals surface area contributed by atoms with Crippen LogP contribution in [0.25, 0.3) is 0 Å². The van der Waals surface area contributed by atoms with E-state index in [0.29, 0.717) is 4.90 Å². The Morgan fingerprint density at radius 2 is 2.17 bits per heavy atom. The van der Waals surface area contributed by atoms with Crippen molar-refractivity contribution in [3.63, 3.8) is 0 Å². The van der Waals surface area contributed by atoms with Gasteiger partial charge in [-0.2, -0.15) is 0 Å². The zero-order chi connectivity index (χ0) is 13.4. The van der Waals surface area contributed by atoms with Crippen molar-refractivity contribution >= 4 is 26.0 Å². The monoisotopic (exact) mass is 332 g/mol. The molecule has 0 aromatic heterocycles. The van der Waals surface area contributed by atoms with E-state index in [0.717, 1.165) is 17.4 Å². The highest BCUT2D eigenvalue weighted by Crippen LogP contribution is 2.22. The van der Waals surface area contributed by atoms with E-state index in [-0.39, 0.29) is 11.6 Å². The summed E-state index contributed by atoms with van der Waals surface area (Å²) in [5.74, 6) is 0. The first kappa shape index (κ1) is 14.0. The molecule has 1 aliphatic rings. The molecule has 2 N–H and O–H groups in total. The maximum atomic E-state index is 12.3. The van der Waals surface area contributed by atoms with Gasteiger partial charge in [0.25, 0.3) is 0 Å². The molecule has 0 bridgehead atoms. The number of rotatable bonds is 3. The van der Waals surface area contributed by atoms with Crippen LogP contribution >= 0.6 is 15.9 Å². The molecule has 0 radical (unpaired) electrons. The van der Waals surface area contributed by atoms with Gasteiger partial charge in [0.05, 0.1) is 4.90 Å². The fourth-order valence-corrected chi connectivity index (χ4v) is 4.13. The summed E-state index contributed by atoms with van der Waals surface area (Å²) in [5, 5.41) is 3.30. The van der Waals surface area contributed by atoms with Gasteiger partial charge in [0.15, 0.2) is 0 Å². The molecule has 1 fully saturated rings. The van der Waals surface area contributed by atoms with Gasteiger partial charge in [-0.25, -0.2) is 13.1 Å². The molecule has 1 saturated heterocycles. The predicted octanol–water partition coefficient (Wildman–Crippen LogP) is 1.87. The standard InChI is InChI=1S/C12H17BrN2O2S/c1-12(2)11(6-7-14-12)15-18(16,17)10-5-3-4-9(13)8-10/h3-5,8,11,14-15H,6-7H2,1-2H3/t11-/m1/s1. The minimum atomic E-state index is -3.46. The van der Waals surface area contributed by atoms with E-state index in [4.69, 9.17) is 0 Å². The van der Waals surface area contributed by atoms with Crippen molar-refractivity contribution in [1.82, 2.24) is 10.0 Å². The van der Waals surface area contributed by atoms with Crippen LogP contribution < -0.4 is 10.0 Å². The molecular formula is C12H17BrN2O2S. The molecule has 0 aliphatic carbocycles. The normalized spacial score (nSPS) is 23.2. The SMILES string of the molecule is CC1(C)NCC[C@H]1NS(=O)(=O)c1cccc(Br)c1. The molecule has 1 aliphatic heterocycles. The van der Waals surface area contributed by atoms with Crippen LogP contribution in [0.15, 0.2) is 33.6 Å². The van der Waals surface area contributed by atoms with Crippen LogP contribution in [0.5, 0.6) is 0 Å². The molecule has 0 amide bonds. The maximum absolute atomic E-state index is 12.3. The van der Waals surface area contributed by atoms with Gasteiger partial charge < -0.3 is 5.32 Å². The summed E-state index contributed by atoms with van der Waals surface area (Å²) in [4.78, 5) is 0.291. The fraction of sp³-hybridized carbons (Fsp3) is 0.500. The third-order valence-corrected chi connectivity index (χ3v) is 5.25. The summed E-state index contributed by atoms with van der Waals surface area (Å²) < 4.78 is 28.1. The summed E-state index contributed by atoms with van der Waals surface area (Å²) >= 11 is 3.29. The van der Waals surface area contributed by atoms with Crippen molar-refractivity contribution < 1.29 is 8.42 Å². The Kier molecular flexibility index (Phi) is 3.82. The molecule has 18 heavy (non-hydrogen) atoms. The van der Waals surface area contributed by atoms with Gasteiger partial charge in [-0.1, -0.05) is 22.0 Å². The molecule has 6 heteroatoms. The van der Waals surface area contributed by atoms with Crippen LogP contribution in [0.2, 0.25) is 0 Å². The minimum absolute atomic E-state index is 0.0820. The average Bonchev–Trinajstić information content (AvgIpc) is 2.58. The summed E-state index contributed by atoms with van der Waals surface area (Å²) in [7, 11) is -3.46. The van der Waals surface area contributed by atoms with Crippen molar-refractivity contribution in [2.75, 3.05) is 6.54 Å². The quantitative estimate of drug-likeness (QED) is 0.888. The van der Waals surface area contributed by atoms with Gasteiger partial charge >= 0.3 is 0 Å². The van der Waals surface area contributed by atoms with Crippen LogP contribution in [-0.2, 0) is 10.0 Å².